The second-order valence-corrected chi connectivity index (χ2v) is 4.45. The highest BCUT2D eigenvalue weighted by Crippen LogP contribution is 2.32. The summed E-state index contributed by atoms with van der Waals surface area (Å²) in [5.74, 6) is 0. The van der Waals surface area contributed by atoms with E-state index in [4.69, 9.17) is 32.7 Å². The van der Waals surface area contributed by atoms with Gasteiger partial charge in [-0.05, 0) is 25.5 Å². The molecule has 82 valence electrons. The lowest BCUT2D eigenvalue weighted by atomic mass is 10.2. The van der Waals surface area contributed by atoms with Gasteiger partial charge in [-0.3, -0.25) is 0 Å². The van der Waals surface area contributed by atoms with Gasteiger partial charge in [0.1, 0.15) is 0 Å². The number of halogens is 2. The Labute approximate surface area is 99.1 Å². The summed E-state index contributed by atoms with van der Waals surface area (Å²) >= 11 is 11.9. The number of benzene rings is 1. The Morgan fingerprint density at radius 2 is 2.13 bits per heavy atom. The lowest BCUT2D eigenvalue weighted by molar-refractivity contribution is -0.212. The van der Waals surface area contributed by atoms with Gasteiger partial charge in [0, 0.05) is 10.6 Å². The van der Waals surface area contributed by atoms with E-state index in [1.165, 1.54) is 0 Å². The van der Waals surface area contributed by atoms with Crippen LogP contribution in [0.25, 0.3) is 0 Å². The van der Waals surface area contributed by atoms with Gasteiger partial charge >= 0.3 is 0 Å². The van der Waals surface area contributed by atoms with E-state index in [1.807, 2.05) is 13.0 Å². The zero-order chi connectivity index (χ0) is 10.8. The van der Waals surface area contributed by atoms with Gasteiger partial charge in [0.05, 0.1) is 17.7 Å². The molecule has 0 spiro atoms. The molecule has 0 aliphatic carbocycles. The van der Waals surface area contributed by atoms with Crippen LogP contribution in [0.1, 0.15) is 25.2 Å². The summed E-state index contributed by atoms with van der Waals surface area (Å²) in [6.07, 6.45) is 0.760. The Hall–Kier alpha value is -0.280. The summed E-state index contributed by atoms with van der Waals surface area (Å²) in [7, 11) is 0. The average Bonchev–Trinajstić information content (AvgIpc) is 2.17. The maximum atomic E-state index is 6.07. The first-order valence-electron chi connectivity index (χ1n) is 4.89. The molecule has 1 aromatic rings. The first-order chi connectivity index (χ1) is 7.16. The quantitative estimate of drug-likeness (QED) is 0.751. The zero-order valence-electron chi connectivity index (χ0n) is 8.37. The molecule has 1 aliphatic heterocycles. The van der Waals surface area contributed by atoms with Gasteiger partial charge in [0.2, 0.25) is 0 Å². The second kappa shape index (κ2) is 4.71. The van der Waals surface area contributed by atoms with Gasteiger partial charge in [-0.15, -0.1) is 0 Å². The van der Waals surface area contributed by atoms with Crippen LogP contribution in [-0.4, -0.2) is 12.7 Å². The fraction of sp³-hybridized carbons (Fsp3) is 0.455. The minimum Gasteiger partial charge on any atom is -0.348 e. The molecule has 0 aromatic heterocycles. The lowest BCUT2D eigenvalue weighted by Gasteiger charge is -2.28. The van der Waals surface area contributed by atoms with E-state index in [0.29, 0.717) is 16.7 Å². The molecule has 2 rings (SSSR count). The van der Waals surface area contributed by atoms with Gasteiger partial charge in [0.15, 0.2) is 6.29 Å². The molecule has 1 saturated heterocycles. The Bertz CT molecular complexity index is 354. The first kappa shape index (κ1) is 11.2. The van der Waals surface area contributed by atoms with Gasteiger partial charge in [0.25, 0.3) is 0 Å². The van der Waals surface area contributed by atoms with Crippen molar-refractivity contribution in [3.05, 3.63) is 33.8 Å². The van der Waals surface area contributed by atoms with Crippen molar-refractivity contribution >= 4 is 23.2 Å². The lowest BCUT2D eigenvalue weighted by Crippen LogP contribution is -2.24. The van der Waals surface area contributed by atoms with Crippen LogP contribution in [0.5, 0.6) is 0 Å². The Kier molecular flexibility index (Phi) is 3.52. The molecule has 0 saturated carbocycles. The monoisotopic (exact) mass is 246 g/mol. The summed E-state index contributed by atoms with van der Waals surface area (Å²) in [4.78, 5) is 0. The summed E-state index contributed by atoms with van der Waals surface area (Å²) < 4.78 is 11.1. The smallest absolute Gasteiger partial charge is 0.185 e. The van der Waals surface area contributed by atoms with Crippen LogP contribution in [0.15, 0.2) is 18.2 Å². The van der Waals surface area contributed by atoms with E-state index in [9.17, 15) is 0 Å². The molecule has 1 aromatic carbocycles. The van der Waals surface area contributed by atoms with Crippen molar-refractivity contribution in [3.63, 3.8) is 0 Å². The molecular formula is C11H12Cl2O2. The highest BCUT2D eigenvalue weighted by molar-refractivity contribution is 6.35. The highest BCUT2D eigenvalue weighted by atomic mass is 35.5. The van der Waals surface area contributed by atoms with Crippen molar-refractivity contribution in [2.75, 3.05) is 6.61 Å². The maximum absolute atomic E-state index is 6.07. The number of rotatable bonds is 1. The molecular weight excluding hydrogens is 235 g/mol. The van der Waals surface area contributed by atoms with Crippen LogP contribution in [-0.2, 0) is 9.47 Å². The van der Waals surface area contributed by atoms with Gasteiger partial charge < -0.3 is 9.47 Å². The molecule has 0 N–H and O–H groups in total. The van der Waals surface area contributed by atoms with Crippen molar-refractivity contribution in [1.82, 2.24) is 0 Å². The summed E-state index contributed by atoms with van der Waals surface area (Å²) in [6.45, 7) is 2.73. The molecule has 0 bridgehead atoms. The summed E-state index contributed by atoms with van der Waals surface area (Å²) in [5.41, 5.74) is 0.840. The fourth-order valence-electron chi connectivity index (χ4n) is 1.52. The molecule has 2 nitrogen and oxygen atoms in total. The minimum absolute atomic E-state index is 0.204. The molecule has 4 heteroatoms. The predicted octanol–water partition coefficient (Wildman–Crippen LogP) is 3.82. The van der Waals surface area contributed by atoms with Crippen LogP contribution in [0.2, 0.25) is 10.0 Å². The largest absolute Gasteiger partial charge is 0.348 e. The minimum atomic E-state index is -0.362. The van der Waals surface area contributed by atoms with Gasteiger partial charge in [-0.25, -0.2) is 0 Å². The van der Waals surface area contributed by atoms with Crippen LogP contribution in [0, 0.1) is 0 Å². The third kappa shape index (κ3) is 2.64. The Morgan fingerprint density at radius 1 is 1.33 bits per heavy atom. The molecule has 1 aliphatic rings. The SMILES string of the molecule is C[C@@H]1CCO[C@@H](c2ccc(Cl)cc2Cl)O1. The van der Waals surface area contributed by atoms with Crippen molar-refractivity contribution in [2.45, 2.75) is 25.7 Å². The maximum Gasteiger partial charge on any atom is 0.185 e. The van der Waals surface area contributed by atoms with Crippen molar-refractivity contribution in [2.24, 2.45) is 0 Å². The number of hydrogen-bond donors (Lipinski definition) is 0. The standard InChI is InChI=1S/C11H12Cl2O2/c1-7-4-5-14-11(15-7)9-3-2-8(12)6-10(9)13/h2-3,6-7,11H,4-5H2,1H3/t7-,11-/m1/s1. The average molecular weight is 247 g/mol. The third-order valence-corrected chi connectivity index (χ3v) is 2.93. The zero-order valence-corrected chi connectivity index (χ0v) is 9.89. The van der Waals surface area contributed by atoms with Crippen molar-refractivity contribution < 1.29 is 9.47 Å². The topological polar surface area (TPSA) is 18.5 Å². The molecule has 0 amide bonds. The van der Waals surface area contributed by atoms with Crippen molar-refractivity contribution in [3.8, 4) is 0 Å². The van der Waals surface area contributed by atoms with E-state index in [0.717, 1.165) is 12.0 Å². The van der Waals surface area contributed by atoms with E-state index in [1.54, 1.807) is 12.1 Å². The molecule has 1 fully saturated rings. The van der Waals surface area contributed by atoms with Crippen LogP contribution in [0.3, 0.4) is 0 Å². The third-order valence-electron chi connectivity index (χ3n) is 2.37. The molecule has 15 heavy (non-hydrogen) atoms. The summed E-state index contributed by atoms with van der Waals surface area (Å²) in [6, 6.07) is 5.33. The Morgan fingerprint density at radius 3 is 2.80 bits per heavy atom. The number of ether oxygens (including phenoxy) is 2. The van der Waals surface area contributed by atoms with Crippen LogP contribution in [0.4, 0.5) is 0 Å². The van der Waals surface area contributed by atoms with E-state index < -0.39 is 0 Å². The fourth-order valence-corrected chi connectivity index (χ4v) is 2.01. The molecule has 2 atom stereocenters. The molecule has 0 radical (unpaired) electrons. The highest BCUT2D eigenvalue weighted by Gasteiger charge is 2.23. The van der Waals surface area contributed by atoms with Gasteiger partial charge in [-0.1, -0.05) is 29.3 Å². The number of hydrogen-bond acceptors (Lipinski definition) is 2. The van der Waals surface area contributed by atoms with Crippen LogP contribution < -0.4 is 0 Å². The van der Waals surface area contributed by atoms with E-state index in [-0.39, 0.29) is 12.4 Å². The second-order valence-electron chi connectivity index (χ2n) is 3.60. The molecule has 1 heterocycles. The predicted molar refractivity (Wildman–Crippen MR) is 60.3 cm³/mol. The summed E-state index contributed by atoms with van der Waals surface area (Å²) in [5, 5.41) is 1.20. The van der Waals surface area contributed by atoms with E-state index >= 15 is 0 Å². The Balaban J connectivity index is 2.21. The van der Waals surface area contributed by atoms with Crippen molar-refractivity contribution in [1.29, 1.82) is 0 Å². The normalized spacial score (nSPS) is 26.6. The van der Waals surface area contributed by atoms with Crippen LogP contribution >= 0.6 is 23.2 Å². The van der Waals surface area contributed by atoms with E-state index in [2.05, 4.69) is 0 Å². The first-order valence-corrected chi connectivity index (χ1v) is 5.64. The van der Waals surface area contributed by atoms with Gasteiger partial charge in [-0.2, -0.15) is 0 Å². The molecule has 0 unspecified atom stereocenters.